The Balaban J connectivity index is 4.37. The van der Waals surface area contributed by atoms with Crippen molar-refractivity contribution < 1.29 is 28.6 Å². The van der Waals surface area contributed by atoms with E-state index in [2.05, 4.69) is 81.5 Å². The highest BCUT2D eigenvalue weighted by atomic mass is 16.6. The average Bonchev–Trinajstić information content (AvgIpc) is 3.41. The third kappa shape index (κ3) is 61.8. The smallest absolute Gasteiger partial charge is 0.306 e. The van der Waals surface area contributed by atoms with E-state index in [1.54, 1.807) is 0 Å². The first-order valence-electron chi connectivity index (χ1n) is 32.8. The number of unbranched alkanes of at least 4 members (excludes halogenated alkanes) is 39. The van der Waals surface area contributed by atoms with E-state index in [1.807, 2.05) is 0 Å². The molecule has 0 aliphatic heterocycles. The van der Waals surface area contributed by atoms with Gasteiger partial charge >= 0.3 is 17.9 Å². The topological polar surface area (TPSA) is 78.9 Å². The zero-order valence-corrected chi connectivity index (χ0v) is 50.1. The average molecular weight is 1050 g/mol. The van der Waals surface area contributed by atoms with Crippen molar-refractivity contribution in [3.8, 4) is 0 Å². The molecule has 0 saturated heterocycles. The van der Waals surface area contributed by atoms with Gasteiger partial charge in [0.05, 0.1) is 0 Å². The highest BCUT2D eigenvalue weighted by molar-refractivity contribution is 5.71. The molecule has 0 aliphatic carbocycles. The Morgan fingerprint density at radius 2 is 0.480 bits per heavy atom. The number of hydrogen-bond donors (Lipinski definition) is 0. The van der Waals surface area contributed by atoms with Crippen LogP contribution in [0.25, 0.3) is 0 Å². The normalized spacial score (nSPS) is 12.4. The lowest BCUT2D eigenvalue weighted by Gasteiger charge is -2.18. The fourth-order valence-corrected chi connectivity index (χ4v) is 9.50. The van der Waals surface area contributed by atoms with Crippen LogP contribution in [0, 0.1) is 0 Å². The fraction of sp³-hybridized carbons (Fsp3) is 0.812. The predicted molar refractivity (Wildman–Crippen MR) is 325 cm³/mol. The van der Waals surface area contributed by atoms with E-state index in [0.29, 0.717) is 19.3 Å². The number of hydrogen-bond acceptors (Lipinski definition) is 6. The first-order chi connectivity index (χ1) is 37.0. The molecule has 0 saturated carbocycles. The molecular formula is C69H124O6. The van der Waals surface area contributed by atoms with Crippen molar-refractivity contribution in [1.82, 2.24) is 0 Å². The Bertz CT molecular complexity index is 1340. The van der Waals surface area contributed by atoms with Crippen LogP contribution >= 0.6 is 0 Å². The lowest BCUT2D eigenvalue weighted by atomic mass is 10.1. The summed E-state index contributed by atoms with van der Waals surface area (Å²) in [6.07, 6.45) is 80.8. The third-order valence-corrected chi connectivity index (χ3v) is 14.5. The molecule has 0 heterocycles. The van der Waals surface area contributed by atoms with Crippen LogP contribution in [0.4, 0.5) is 0 Å². The van der Waals surface area contributed by atoms with Gasteiger partial charge in [0.2, 0.25) is 0 Å². The van der Waals surface area contributed by atoms with Crippen molar-refractivity contribution in [3.05, 3.63) is 60.8 Å². The maximum atomic E-state index is 12.9. The van der Waals surface area contributed by atoms with Gasteiger partial charge in [-0.2, -0.15) is 0 Å². The zero-order chi connectivity index (χ0) is 54.3. The Morgan fingerprint density at radius 3 is 0.760 bits per heavy atom. The first-order valence-corrected chi connectivity index (χ1v) is 32.8. The molecule has 0 bridgehead atoms. The molecule has 0 fully saturated rings. The number of carbonyl (C=O) groups excluding carboxylic acids is 3. The summed E-state index contributed by atoms with van der Waals surface area (Å²) >= 11 is 0. The van der Waals surface area contributed by atoms with Crippen LogP contribution in [-0.4, -0.2) is 37.2 Å². The van der Waals surface area contributed by atoms with Gasteiger partial charge in [-0.15, -0.1) is 0 Å². The number of rotatable bonds is 60. The third-order valence-electron chi connectivity index (χ3n) is 14.5. The van der Waals surface area contributed by atoms with Crippen molar-refractivity contribution in [2.45, 2.75) is 348 Å². The molecule has 0 rings (SSSR count). The maximum absolute atomic E-state index is 12.9. The lowest BCUT2D eigenvalue weighted by Crippen LogP contribution is -2.30. The SMILES string of the molecule is CCCCCC/C=C\C/C=C\CCCCCCCCCC(=O)OCC(COC(=O)CCCCCCCCCCC/C=C\CCCCCCCCCC)OC(=O)CCCCCCCCC/C=C\C/C=C\CCCCCC. The predicted octanol–water partition coefficient (Wildman–Crippen LogP) is 22.3. The van der Waals surface area contributed by atoms with Gasteiger partial charge in [-0.25, -0.2) is 0 Å². The highest BCUT2D eigenvalue weighted by Crippen LogP contribution is 2.16. The van der Waals surface area contributed by atoms with Crippen molar-refractivity contribution in [2.75, 3.05) is 13.2 Å². The lowest BCUT2D eigenvalue weighted by molar-refractivity contribution is -0.167. The van der Waals surface area contributed by atoms with E-state index in [1.165, 1.54) is 218 Å². The molecule has 0 aliphatic rings. The minimum absolute atomic E-state index is 0.0794. The Labute approximate surface area is 466 Å². The Kier molecular flexibility index (Phi) is 61.2. The van der Waals surface area contributed by atoms with Crippen molar-refractivity contribution >= 4 is 17.9 Å². The second kappa shape index (κ2) is 63.6. The van der Waals surface area contributed by atoms with Gasteiger partial charge < -0.3 is 14.2 Å². The van der Waals surface area contributed by atoms with Gasteiger partial charge in [0.15, 0.2) is 6.10 Å². The zero-order valence-electron chi connectivity index (χ0n) is 50.1. The summed E-state index contributed by atoms with van der Waals surface area (Å²) in [5.74, 6) is -0.879. The van der Waals surface area contributed by atoms with Crippen LogP contribution in [0.1, 0.15) is 342 Å². The summed E-state index contributed by atoms with van der Waals surface area (Å²) < 4.78 is 17.0. The van der Waals surface area contributed by atoms with Crippen LogP contribution in [-0.2, 0) is 28.6 Å². The highest BCUT2D eigenvalue weighted by Gasteiger charge is 2.19. The van der Waals surface area contributed by atoms with Gasteiger partial charge in [0.1, 0.15) is 13.2 Å². The first kappa shape index (κ1) is 72.1. The van der Waals surface area contributed by atoms with Gasteiger partial charge in [0.25, 0.3) is 0 Å². The molecule has 6 heteroatoms. The summed E-state index contributed by atoms with van der Waals surface area (Å²) in [5, 5.41) is 0. The second-order valence-electron chi connectivity index (χ2n) is 22.0. The Hall–Kier alpha value is -2.89. The fourth-order valence-electron chi connectivity index (χ4n) is 9.50. The van der Waals surface area contributed by atoms with E-state index in [0.717, 1.165) is 83.5 Å². The molecule has 6 nitrogen and oxygen atoms in total. The molecule has 0 radical (unpaired) electrons. The molecule has 1 atom stereocenters. The number of ether oxygens (including phenoxy) is 3. The van der Waals surface area contributed by atoms with Crippen LogP contribution in [0.15, 0.2) is 60.8 Å². The van der Waals surface area contributed by atoms with Gasteiger partial charge in [-0.05, 0) is 109 Å². The van der Waals surface area contributed by atoms with Crippen LogP contribution in [0.3, 0.4) is 0 Å². The standard InChI is InChI=1S/C69H124O6/c1-4-7-10-13-16-19-22-25-28-31-34-35-36-39-41-44-47-50-53-56-59-62-68(71)74-65-66(75-69(72)63-60-57-54-51-48-45-42-38-33-30-27-24-21-18-15-12-9-6-3)64-73-67(70)61-58-55-52-49-46-43-40-37-32-29-26-23-20-17-14-11-8-5-2/h20-21,23-24,29-34,66H,4-19,22,25-28,35-65H2,1-3H3/b23-20-,24-21-,32-29-,33-30-,34-31-. The number of allylic oxidation sites excluding steroid dienone is 10. The minimum Gasteiger partial charge on any atom is -0.462 e. The van der Waals surface area contributed by atoms with Crippen molar-refractivity contribution in [1.29, 1.82) is 0 Å². The molecule has 75 heavy (non-hydrogen) atoms. The van der Waals surface area contributed by atoms with E-state index in [9.17, 15) is 14.4 Å². The van der Waals surface area contributed by atoms with E-state index < -0.39 is 6.10 Å². The van der Waals surface area contributed by atoms with E-state index in [4.69, 9.17) is 14.2 Å². The molecular weight excluding hydrogens is 925 g/mol. The van der Waals surface area contributed by atoms with Gasteiger partial charge in [-0.1, -0.05) is 274 Å². The van der Waals surface area contributed by atoms with Crippen LogP contribution in [0.2, 0.25) is 0 Å². The van der Waals surface area contributed by atoms with Crippen molar-refractivity contribution in [3.63, 3.8) is 0 Å². The van der Waals surface area contributed by atoms with Crippen LogP contribution < -0.4 is 0 Å². The molecule has 0 N–H and O–H groups in total. The largest absolute Gasteiger partial charge is 0.462 e. The molecule has 0 aromatic rings. The molecule has 0 spiro atoms. The summed E-state index contributed by atoms with van der Waals surface area (Å²) in [5.41, 5.74) is 0. The summed E-state index contributed by atoms with van der Waals surface area (Å²) in [7, 11) is 0. The van der Waals surface area contributed by atoms with Gasteiger partial charge in [0, 0.05) is 19.3 Å². The van der Waals surface area contributed by atoms with Gasteiger partial charge in [-0.3, -0.25) is 14.4 Å². The molecule has 436 valence electrons. The maximum Gasteiger partial charge on any atom is 0.306 e. The minimum atomic E-state index is -0.784. The van der Waals surface area contributed by atoms with Crippen LogP contribution in [0.5, 0.6) is 0 Å². The number of esters is 3. The Morgan fingerprint density at radius 1 is 0.267 bits per heavy atom. The summed E-state index contributed by atoms with van der Waals surface area (Å²) in [6, 6.07) is 0. The molecule has 0 aromatic carbocycles. The summed E-state index contributed by atoms with van der Waals surface area (Å²) in [6.45, 7) is 6.64. The quantitative estimate of drug-likeness (QED) is 0.0261. The molecule has 0 aromatic heterocycles. The molecule has 1 unspecified atom stereocenters. The second-order valence-corrected chi connectivity index (χ2v) is 22.0. The number of carbonyl (C=O) groups is 3. The van der Waals surface area contributed by atoms with E-state index >= 15 is 0 Å². The monoisotopic (exact) mass is 1050 g/mol. The summed E-state index contributed by atoms with van der Waals surface area (Å²) in [4.78, 5) is 38.4. The van der Waals surface area contributed by atoms with Crippen molar-refractivity contribution in [2.24, 2.45) is 0 Å². The van der Waals surface area contributed by atoms with E-state index in [-0.39, 0.29) is 31.1 Å². The molecule has 0 amide bonds.